The summed E-state index contributed by atoms with van der Waals surface area (Å²) in [4.78, 5) is 0. The van der Waals surface area contributed by atoms with Gasteiger partial charge < -0.3 is 0 Å². The first-order valence-electron chi connectivity index (χ1n) is 5.84. The molecule has 84 valence electrons. The van der Waals surface area contributed by atoms with E-state index in [0.717, 1.165) is 12.1 Å². The lowest BCUT2D eigenvalue weighted by molar-refractivity contribution is 0.661. The summed E-state index contributed by atoms with van der Waals surface area (Å²) in [6.07, 6.45) is 3.09. The third-order valence-electron chi connectivity index (χ3n) is 3.08. The molecule has 1 atom stereocenters. The summed E-state index contributed by atoms with van der Waals surface area (Å²) in [5.74, 6) is 0.544. The lowest BCUT2D eigenvalue weighted by Gasteiger charge is -2.13. The third-order valence-corrected chi connectivity index (χ3v) is 3.08. The maximum atomic E-state index is 4.47. The molecule has 0 aliphatic rings. The van der Waals surface area contributed by atoms with Crippen molar-refractivity contribution >= 4 is 0 Å². The highest BCUT2D eigenvalue weighted by Gasteiger charge is 2.14. The zero-order valence-electron chi connectivity index (χ0n) is 10.1. The molecule has 2 heteroatoms. The monoisotopic (exact) mass is 214 g/mol. The summed E-state index contributed by atoms with van der Waals surface area (Å²) < 4.78 is 2.06. The Morgan fingerprint density at radius 3 is 2.56 bits per heavy atom. The van der Waals surface area contributed by atoms with Gasteiger partial charge in [-0.2, -0.15) is 5.10 Å². The minimum absolute atomic E-state index is 0.544. The smallest absolute Gasteiger partial charge is 0.0649 e. The fraction of sp³-hybridized carbons (Fsp3) is 0.357. The predicted molar refractivity (Wildman–Crippen MR) is 67.0 cm³/mol. The molecule has 0 amide bonds. The largest absolute Gasteiger partial charge is 0.237 e. The number of hydrogen-bond acceptors (Lipinski definition) is 1. The maximum Gasteiger partial charge on any atom is 0.0649 e. The number of hydrogen-bond donors (Lipinski definition) is 0. The Kier molecular flexibility index (Phi) is 3.09. The van der Waals surface area contributed by atoms with Crippen molar-refractivity contribution in [1.29, 1.82) is 0 Å². The van der Waals surface area contributed by atoms with Crippen LogP contribution >= 0.6 is 0 Å². The van der Waals surface area contributed by atoms with Crippen molar-refractivity contribution in [3.8, 4) is 5.69 Å². The van der Waals surface area contributed by atoms with E-state index < -0.39 is 0 Å². The zero-order chi connectivity index (χ0) is 11.5. The molecule has 1 aromatic carbocycles. The average molecular weight is 214 g/mol. The highest BCUT2D eigenvalue weighted by Crippen LogP contribution is 2.24. The Bertz CT molecular complexity index is 457. The summed E-state index contributed by atoms with van der Waals surface area (Å²) in [7, 11) is 0. The fourth-order valence-corrected chi connectivity index (χ4v) is 2.01. The van der Waals surface area contributed by atoms with Crippen LogP contribution in [0.3, 0.4) is 0 Å². The Hall–Kier alpha value is -1.57. The Morgan fingerprint density at radius 2 is 1.94 bits per heavy atom. The van der Waals surface area contributed by atoms with Crippen molar-refractivity contribution in [2.45, 2.75) is 33.1 Å². The molecule has 0 aliphatic heterocycles. The molecular weight excluding hydrogens is 196 g/mol. The lowest BCUT2D eigenvalue weighted by Crippen LogP contribution is -2.05. The van der Waals surface area contributed by atoms with E-state index in [9.17, 15) is 0 Å². The van der Waals surface area contributed by atoms with Crippen LogP contribution in [0.5, 0.6) is 0 Å². The van der Waals surface area contributed by atoms with E-state index in [2.05, 4.69) is 42.7 Å². The van der Waals surface area contributed by atoms with E-state index in [4.69, 9.17) is 0 Å². The van der Waals surface area contributed by atoms with Crippen LogP contribution in [0.25, 0.3) is 5.69 Å². The fourth-order valence-electron chi connectivity index (χ4n) is 2.01. The molecule has 1 aromatic heterocycles. The first kappa shape index (κ1) is 10.9. The van der Waals surface area contributed by atoms with Crippen molar-refractivity contribution in [2.24, 2.45) is 0 Å². The van der Waals surface area contributed by atoms with Crippen LogP contribution in [0.2, 0.25) is 0 Å². The van der Waals surface area contributed by atoms with Crippen LogP contribution in [0.1, 0.15) is 37.4 Å². The molecule has 1 unspecified atom stereocenters. The van der Waals surface area contributed by atoms with Gasteiger partial charge in [-0.05, 0) is 37.0 Å². The van der Waals surface area contributed by atoms with E-state index in [1.54, 1.807) is 0 Å². The highest BCUT2D eigenvalue weighted by molar-refractivity contribution is 5.35. The quantitative estimate of drug-likeness (QED) is 0.761. The molecule has 0 spiro atoms. The molecule has 0 N–H and O–H groups in total. The minimum atomic E-state index is 0.544. The molecule has 0 aliphatic carbocycles. The molecule has 2 nitrogen and oxygen atoms in total. The normalized spacial score (nSPS) is 12.7. The summed E-state index contributed by atoms with van der Waals surface area (Å²) in [6.45, 7) is 6.60. The maximum absolute atomic E-state index is 4.47. The molecular formula is C14H18N2. The lowest BCUT2D eigenvalue weighted by atomic mass is 10.0. The van der Waals surface area contributed by atoms with Gasteiger partial charge >= 0.3 is 0 Å². The molecule has 2 rings (SSSR count). The number of benzene rings is 1. The summed E-state index contributed by atoms with van der Waals surface area (Å²) in [6, 6.07) is 10.3. The predicted octanol–water partition coefficient (Wildman–Crippen LogP) is 3.69. The van der Waals surface area contributed by atoms with Crippen LogP contribution in [-0.4, -0.2) is 9.78 Å². The van der Waals surface area contributed by atoms with Gasteiger partial charge in [0.1, 0.15) is 0 Å². The minimum Gasteiger partial charge on any atom is -0.237 e. The van der Waals surface area contributed by atoms with Crippen molar-refractivity contribution in [2.75, 3.05) is 0 Å². The average Bonchev–Trinajstić information content (AvgIpc) is 2.71. The van der Waals surface area contributed by atoms with Gasteiger partial charge in [0.15, 0.2) is 0 Å². The van der Waals surface area contributed by atoms with Crippen molar-refractivity contribution in [3.05, 3.63) is 47.8 Å². The molecule has 0 fully saturated rings. The topological polar surface area (TPSA) is 17.8 Å². The van der Waals surface area contributed by atoms with Crippen LogP contribution < -0.4 is 0 Å². The van der Waals surface area contributed by atoms with Crippen molar-refractivity contribution < 1.29 is 0 Å². The van der Waals surface area contributed by atoms with E-state index in [0.29, 0.717) is 5.92 Å². The molecule has 0 saturated carbocycles. The van der Waals surface area contributed by atoms with Gasteiger partial charge in [0.2, 0.25) is 0 Å². The number of nitrogens with zero attached hydrogens (tertiary/aromatic N) is 2. The number of aryl methyl sites for hydroxylation is 1. The SMILES string of the molecule is CCC(C)c1c(C)cnn1-c1ccccc1. The van der Waals surface area contributed by atoms with Gasteiger partial charge in [-0.25, -0.2) is 4.68 Å². The number of para-hydroxylation sites is 1. The number of rotatable bonds is 3. The first-order valence-corrected chi connectivity index (χ1v) is 5.84. The van der Waals surface area contributed by atoms with Crippen molar-refractivity contribution in [1.82, 2.24) is 9.78 Å². The van der Waals surface area contributed by atoms with Crippen molar-refractivity contribution in [3.63, 3.8) is 0 Å². The van der Waals surface area contributed by atoms with Crippen LogP contribution in [0.4, 0.5) is 0 Å². The van der Waals surface area contributed by atoms with E-state index in [1.165, 1.54) is 11.3 Å². The van der Waals surface area contributed by atoms with Gasteiger partial charge in [0.25, 0.3) is 0 Å². The highest BCUT2D eigenvalue weighted by atomic mass is 15.3. The molecule has 0 bridgehead atoms. The van der Waals surface area contributed by atoms with E-state index >= 15 is 0 Å². The Balaban J connectivity index is 2.50. The Labute approximate surface area is 96.9 Å². The van der Waals surface area contributed by atoms with Crippen LogP contribution in [-0.2, 0) is 0 Å². The van der Waals surface area contributed by atoms with Gasteiger partial charge in [-0.1, -0.05) is 32.0 Å². The first-order chi connectivity index (χ1) is 7.74. The third kappa shape index (κ3) is 1.87. The summed E-state index contributed by atoms with van der Waals surface area (Å²) in [5, 5.41) is 4.47. The summed E-state index contributed by atoms with van der Waals surface area (Å²) in [5.41, 5.74) is 3.75. The van der Waals surface area contributed by atoms with E-state index in [1.807, 2.05) is 24.4 Å². The molecule has 2 aromatic rings. The van der Waals surface area contributed by atoms with Crippen LogP contribution in [0.15, 0.2) is 36.5 Å². The summed E-state index contributed by atoms with van der Waals surface area (Å²) >= 11 is 0. The van der Waals surface area contributed by atoms with Gasteiger partial charge in [-0.3, -0.25) is 0 Å². The standard InChI is InChI=1S/C14H18N2/c1-4-11(2)14-12(3)10-15-16(14)13-8-6-5-7-9-13/h5-11H,4H2,1-3H3. The molecule has 1 heterocycles. The van der Waals surface area contributed by atoms with Gasteiger partial charge in [0.05, 0.1) is 11.9 Å². The second kappa shape index (κ2) is 4.52. The van der Waals surface area contributed by atoms with E-state index in [-0.39, 0.29) is 0 Å². The second-order valence-electron chi connectivity index (χ2n) is 4.27. The molecule has 16 heavy (non-hydrogen) atoms. The molecule has 0 radical (unpaired) electrons. The zero-order valence-corrected chi connectivity index (χ0v) is 10.1. The number of aromatic nitrogens is 2. The van der Waals surface area contributed by atoms with Gasteiger partial charge in [0, 0.05) is 5.69 Å². The Morgan fingerprint density at radius 1 is 1.25 bits per heavy atom. The molecule has 0 saturated heterocycles. The van der Waals surface area contributed by atoms with Gasteiger partial charge in [-0.15, -0.1) is 0 Å². The second-order valence-corrected chi connectivity index (χ2v) is 4.27. The van der Waals surface area contributed by atoms with Crippen LogP contribution in [0, 0.1) is 6.92 Å².